The van der Waals surface area contributed by atoms with E-state index in [-0.39, 0.29) is 29.9 Å². The number of ether oxygens (including phenoxy) is 2. The lowest BCUT2D eigenvalue weighted by atomic mass is 10.0. The van der Waals surface area contributed by atoms with Gasteiger partial charge in [0, 0.05) is 18.4 Å². The molecule has 6 nitrogen and oxygen atoms in total. The molecule has 98 valence electrons. The first-order chi connectivity index (χ1) is 8.39. The number of phenols is 1. The van der Waals surface area contributed by atoms with Crippen molar-refractivity contribution in [2.24, 2.45) is 0 Å². The lowest BCUT2D eigenvalue weighted by Crippen LogP contribution is -2.28. The van der Waals surface area contributed by atoms with Gasteiger partial charge in [-0.1, -0.05) is 0 Å². The summed E-state index contributed by atoms with van der Waals surface area (Å²) in [6, 6.07) is 1.21. The molecule has 0 saturated carbocycles. The quantitative estimate of drug-likeness (QED) is 0.506. The van der Waals surface area contributed by atoms with Crippen LogP contribution in [0.2, 0.25) is 0 Å². The predicted molar refractivity (Wildman–Crippen MR) is 60.6 cm³/mol. The van der Waals surface area contributed by atoms with E-state index in [0.29, 0.717) is 11.1 Å². The average Bonchev–Trinajstić information content (AvgIpc) is 2.62. The van der Waals surface area contributed by atoms with Crippen LogP contribution in [-0.4, -0.2) is 41.3 Å². The van der Waals surface area contributed by atoms with Crippen molar-refractivity contribution >= 4 is 5.97 Å². The normalized spacial score (nSPS) is 16.2. The maximum Gasteiger partial charge on any atom is 0.338 e. The van der Waals surface area contributed by atoms with Gasteiger partial charge in [0.15, 0.2) is 17.3 Å². The largest absolute Gasteiger partial charge is 0.504 e. The van der Waals surface area contributed by atoms with E-state index in [9.17, 15) is 20.1 Å². The molecule has 2 rings (SSSR count). The molecule has 1 aliphatic rings. The Bertz CT molecular complexity index is 506. The predicted octanol–water partition coefficient (Wildman–Crippen LogP) is -0.0331. The smallest absolute Gasteiger partial charge is 0.338 e. The van der Waals surface area contributed by atoms with Crippen LogP contribution in [0.25, 0.3) is 0 Å². The van der Waals surface area contributed by atoms with Gasteiger partial charge in [0.05, 0.1) is 19.8 Å². The third-order valence-electron chi connectivity index (χ3n) is 3.01. The number of hydrogen-bond donors (Lipinski definition) is 3. The van der Waals surface area contributed by atoms with Crippen LogP contribution in [0.1, 0.15) is 21.5 Å². The van der Waals surface area contributed by atoms with Crippen LogP contribution in [0.15, 0.2) is 6.07 Å². The Kier molecular flexibility index (Phi) is 2.92. The van der Waals surface area contributed by atoms with E-state index in [1.807, 2.05) is 0 Å². The summed E-state index contributed by atoms with van der Waals surface area (Å²) >= 11 is 0. The fraction of sp³-hybridized carbons (Fsp3) is 0.417. The van der Waals surface area contributed by atoms with Gasteiger partial charge in [-0.2, -0.15) is 0 Å². The third kappa shape index (κ3) is 1.89. The van der Waals surface area contributed by atoms with Crippen molar-refractivity contribution < 1.29 is 29.6 Å². The molecule has 1 aliphatic carbocycles. The molecule has 18 heavy (non-hydrogen) atoms. The maximum absolute atomic E-state index is 11.6. The fourth-order valence-corrected chi connectivity index (χ4v) is 2.28. The Hall–Kier alpha value is -1.79. The highest BCUT2D eigenvalue weighted by molar-refractivity contribution is 5.93. The minimum absolute atomic E-state index is 0.107. The van der Waals surface area contributed by atoms with Crippen molar-refractivity contribution in [3.05, 3.63) is 22.8 Å². The number of phenolic OH excluding ortho intramolecular Hbond substituents is 1. The van der Waals surface area contributed by atoms with Crippen LogP contribution in [0.3, 0.4) is 0 Å². The molecule has 0 amide bonds. The highest BCUT2D eigenvalue weighted by Crippen LogP contribution is 2.42. The van der Waals surface area contributed by atoms with E-state index in [1.54, 1.807) is 0 Å². The van der Waals surface area contributed by atoms with E-state index in [1.165, 1.54) is 20.3 Å². The van der Waals surface area contributed by atoms with Gasteiger partial charge in [0.1, 0.15) is 0 Å². The van der Waals surface area contributed by atoms with Crippen LogP contribution in [0.4, 0.5) is 0 Å². The van der Waals surface area contributed by atoms with Gasteiger partial charge in [-0.25, -0.2) is 4.79 Å². The summed E-state index contributed by atoms with van der Waals surface area (Å²) in [4.78, 5) is 11.6. The number of rotatable bonds is 2. The zero-order valence-electron chi connectivity index (χ0n) is 10.1. The molecule has 3 N–H and O–H groups in total. The molecule has 0 atom stereocenters. The SMILES string of the molecule is COC(=O)c1cc(O)c(OC)c2c1CC(O)(O)C2. The lowest BCUT2D eigenvalue weighted by molar-refractivity contribution is -0.150. The number of hydrogen-bond acceptors (Lipinski definition) is 6. The zero-order chi connectivity index (χ0) is 13.5. The summed E-state index contributed by atoms with van der Waals surface area (Å²) < 4.78 is 9.63. The molecular weight excluding hydrogens is 240 g/mol. The number of aromatic hydroxyl groups is 1. The summed E-state index contributed by atoms with van der Waals surface area (Å²) in [5.74, 6) is -2.65. The standard InChI is InChI=1S/C12H14O6/c1-17-10-8-5-12(15,16)4-7(8)6(3-9(10)13)11(14)18-2/h3,13,15-16H,4-5H2,1-2H3. The summed E-state index contributed by atoms with van der Waals surface area (Å²) in [5, 5.41) is 29.1. The third-order valence-corrected chi connectivity index (χ3v) is 3.01. The molecule has 0 unspecified atom stereocenters. The van der Waals surface area contributed by atoms with Gasteiger partial charge < -0.3 is 24.8 Å². The average molecular weight is 254 g/mol. The first-order valence-corrected chi connectivity index (χ1v) is 5.34. The van der Waals surface area contributed by atoms with E-state index in [0.717, 1.165) is 0 Å². The van der Waals surface area contributed by atoms with E-state index < -0.39 is 11.8 Å². The van der Waals surface area contributed by atoms with Crippen molar-refractivity contribution in [2.45, 2.75) is 18.6 Å². The Morgan fingerprint density at radius 1 is 1.28 bits per heavy atom. The van der Waals surface area contributed by atoms with Gasteiger partial charge in [0.25, 0.3) is 0 Å². The number of carbonyl (C=O) groups excluding carboxylic acids is 1. The van der Waals surface area contributed by atoms with Gasteiger partial charge in [0.2, 0.25) is 0 Å². The van der Waals surface area contributed by atoms with Crippen LogP contribution in [0, 0.1) is 0 Å². The molecular formula is C12H14O6. The minimum atomic E-state index is -1.94. The molecule has 6 heteroatoms. The summed E-state index contributed by atoms with van der Waals surface area (Å²) in [6.07, 6.45) is -0.215. The molecule has 1 aromatic carbocycles. The van der Waals surface area contributed by atoms with E-state index >= 15 is 0 Å². The Morgan fingerprint density at radius 2 is 1.89 bits per heavy atom. The second-order valence-electron chi connectivity index (χ2n) is 4.26. The van der Waals surface area contributed by atoms with Crippen molar-refractivity contribution in [3.8, 4) is 11.5 Å². The highest BCUT2D eigenvalue weighted by atomic mass is 16.5. The Labute approximate surface area is 103 Å². The molecule has 0 fully saturated rings. The van der Waals surface area contributed by atoms with Gasteiger partial charge in [-0.15, -0.1) is 0 Å². The number of esters is 1. The van der Waals surface area contributed by atoms with Gasteiger partial charge in [-0.3, -0.25) is 0 Å². The minimum Gasteiger partial charge on any atom is -0.504 e. The highest BCUT2D eigenvalue weighted by Gasteiger charge is 2.39. The van der Waals surface area contributed by atoms with Crippen molar-refractivity contribution in [1.82, 2.24) is 0 Å². The number of aliphatic hydroxyl groups is 2. The van der Waals surface area contributed by atoms with Crippen molar-refractivity contribution in [2.75, 3.05) is 14.2 Å². The molecule has 0 bridgehead atoms. The van der Waals surface area contributed by atoms with Crippen LogP contribution >= 0.6 is 0 Å². The fourth-order valence-electron chi connectivity index (χ4n) is 2.28. The second-order valence-corrected chi connectivity index (χ2v) is 4.26. The first-order valence-electron chi connectivity index (χ1n) is 5.34. The van der Waals surface area contributed by atoms with Crippen molar-refractivity contribution in [1.29, 1.82) is 0 Å². The number of methoxy groups -OCH3 is 2. The zero-order valence-corrected chi connectivity index (χ0v) is 10.1. The molecule has 1 aromatic rings. The molecule has 0 radical (unpaired) electrons. The van der Waals surface area contributed by atoms with E-state index in [4.69, 9.17) is 4.74 Å². The number of carbonyl (C=O) groups is 1. The number of fused-ring (bicyclic) bond motifs is 1. The summed E-state index contributed by atoms with van der Waals surface area (Å²) in [5.41, 5.74) is 0.972. The monoisotopic (exact) mass is 254 g/mol. The van der Waals surface area contributed by atoms with Crippen LogP contribution in [-0.2, 0) is 17.6 Å². The van der Waals surface area contributed by atoms with Crippen LogP contribution < -0.4 is 4.74 Å². The Balaban J connectivity index is 2.64. The molecule has 0 spiro atoms. The summed E-state index contributed by atoms with van der Waals surface area (Å²) in [7, 11) is 2.58. The lowest BCUT2D eigenvalue weighted by Gasteiger charge is -2.12. The molecule has 0 aromatic heterocycles. The molecule has 0 aliphatic heterocycles. The topological polar surface area (TPSA) is 96.2 Å². The maximum atomic E-state index is 11.6. The second kappa shape index (κ2) is 4.15. The van der Waals surface area contributed by atoms with Crippen molar-refractivity contribution in [3.63, 3.8) is 0 Å². The van der Waals surface area contributed by atoms with Crippen LogP contribution in [0.5, 0.6) is 11.5 Å². The van der Waals surface area contributed by atoms with E-state index in [2.05, 4.69) is 4.74 Å². The Morgan fingerprint density at radius 3 is 2.44 bits per heavy atom. The summed E-state index contributed by atoms with van der Waals surface area (Å²) in [6.45, 7) is 0. The molecule has 0 heterocycles. The molecule has 0 saturated heterocycles. The first kappa shape index (κ1) is 12.7. The van der Waals surface area contributed by atoms with Gasteiger partial charge >= 0.3 is 5.97 Å². The van der Waals surface area contributed by atoms with Gasteiger partial charge in [-0.05, 0) is 11.6 Å². The number of benzene rings is 1.